The minimum Gasteiger partial charge on any atom is -0.457 e. The molecule has 0 saturated carbocycles. The lowest BCUT2D eigenvalue weighted by Crippen LogP contribution is -2.52. The van der Waals surface area contributed by atoms with E-state index in [1.807, 2.05) is 30.3 Å². The Morgan fingerprint density at radius 3 is 2.77 bits per heavy atom. The van der Waals surface area contributed by atoms with Gasteiger partial charge in [-0.1, -0.05) is 21.8 Å². The quantitative estimate of drug-likeness (QED) is 0.508. The molecule has 1 aliphatic rings. The van der Waals surface area contributed by atoms with E-state index in [2.05, 4.69) is 20.9 Å². The number of aromatic nitrogens is 1. The SMILES string of the molecule is C[N+]1(C(=O)NNc2ccc(Oc3ccnc(C#N)c3)cc2F)N=Cc2ccccc21. The number of anilines is 1. The van der Waals surface area contributed by atoms with E-state index in [1.165, 1.54) is 30.5 Å². The third-order valence-corrected chi connectivity index (χ3v) is 4.56. The number of nitrogens with one attached hydrogen (secondary N) is 2. The highest BCUT2D eigenvalue weighted by Crippen LogP contribution is 2.30. The molecule has 2 N–H and O–H groups in total. The Morgan fingerprint density at radius 2 is 1.97 bits per heavy atom. The summed E-state index contributed by atoms with van der Waals surface area (Å²) in [5.74, 6) is -0.0372. The van der Waals surface area contributed by atoms with Crippen molar-refractivity contribution in [2.75, 3.05) is 12.5 Å². The number of nitrogens with zero attached hydrogens (tertiary/aromatic N) is 4. The van der Waals surface area contributed by atoms with Crippen molar-refractivity contribution in [3.63, 3.8) is 0 Å². The van der Waals surface area contributed by atoms with E-state index in [9.17, 15) is 9.18 Å². The third kappa shape index (κ3) is 3.55. The van der Waals surface area contributed by atoms with Crippen LogP contribution in [0.2, 0.25) is 0 Å². The molecule has 9 heteroatoms. The lowest BCUT2D eigenvalue weighted by Gasteiger charge is -2.22. The maximum atomic E-state index is 14.5. The van der Waals surface area contributed by atoms with Crippen molar-refractivity contribution in [1.29, 1.82) is 5.26 Å². The van der Waals surface area contributed by atoms with Gasteiger partial charge in [0.25, 0.3) is 0 Å². The van der Waals surface area contributed by atoms with Crippen LogP contribution in [-0.4, -0.2) is 24.3 Å². The van der Waals surface area contributed by atoms with Crippen molar-refractivity contribution >= 4 is 23.6 Å². The predicted octanol–water partition coefficient (Wildman–Crippen LogP) is 3.91. The molecule has 1 unspecified atom stereocenters. The zero-order valence-electron chi connectivity index (χ0n) is 15.8. The standard InChI is InChI=1S/C21H15FN6O2/c1-28(20-5-3-2-4-14(20)13-25-28)21(29)27-26-19-7-6-16(11-18(19)22)30-17-8-9-24-15(10-17)12-23/h2-11,13,26H,1H3/p+1. The van der Waals surface area contributed by atoms with Gasteiger partial charge in [-0.3, -0.25) is 5.43 Å². The number of quaternary nitrogens is 1. The molecule has 1 atom stereocenters. The summed E-state index contributed by atoms with van der Waals surface area (Å²) in [5.41, 5.74) is 6.89. The minimum atomic E-state index is -0.629. The van der Waals surface area contributed by atoms with Gasteiger partial charge < -0.3 is 4.74 Å². The largest absolute Gasteiger partial charge is 0.466 e. The molecule has 8 nitrogen and oxygen atoms in total. The third-order valence-electron chi connectivity index (χ3n) is 4.56. The first-order valence-electron chi connectivity index (χ1n) is 8.91. The number of urea groups is 1. The molecule has 4 rings (SSSR count). The maximum Gasteiger partial charge on any atom is 0.466 e. The fraction of sp³-hybridized carbons (Fsp3) is 0.0476. The molecule has 0 saturated heterocycles. The van der Waals surface area contributed by atoms with Crippen LogP contribution >= 0.6 is 0 Å². The lowest BCUT2D eigenvalue weighted by atomic mass is 10.2. The van der Waals surface area contributed by atoms with Gasteiger partial charge in [0.15, 0.2) is 11.5 Å². The number of pyridine rings is 1. The normalized spacial score (nSPS) is 16.4. The van der Waals surface area contributed by atoms with Crippen molar-refractivity contribution in [1.82, 2.24) is 15.0 Å². The summed E-state index contributed by atoms with van der Waals surface area (Å²) in [6, 6.07) is 15.9. The Morgan fingerprint density at radius 1 is 1.17 bits per heavy atom. The van der Waals surface area contributed by atoms with Crippen LogP contribution in [0.25, 0.3) is 0 Å². The van der Waals surface area contributed by atoms with Crippen LogP contribution < -0.4 is 20.2 Å². The Balaban J connectivity index is 1.44. The topological polar surface area (TPSA) is 99.4 Å². The van der Waals surface area contributed by atoms with Gasteiger partial charge in [-0.25, -0.2) is 19.6 Å². The fourth-order valence-corrected chi connectivity index (χ4v) is 2.96. The van der Waals surface area contributed by atoms with Crippen LogP contribution in [0, 0.1) is 17.1 Å². The van der Waals surface area contributed by atoms with Crippen LogP contribution in [0.5, 0.6) is 11.5 Å². The fourth-order valence-electron chi connectivity index (χ4n) is 2.96. The minimum absolute atomic E-state index is 0.0613. The highest BCUT2D eigenvalue weighted by molar-refractivity contribution is 6.00. The average molecular weight is 403 g/mol. The summed E-state index contributed by atoms with van der Waals surface area (Å²) in [6.07, 6.45) is 3.05. The van der Waals surface area contributed by atoms with Crippen LogP contribution in [0.4, 0.5) is 20.6 Å². The maximum absolute atomic E-state index is 14.5. The molecule has 1 aliphatic heterocycles. The number of hydrogen-bond acceptors (Lipinski definition) is 6. The summed E-state index contributed by atoms with van der Waals surface area (Å²) < 4.78 is 19.7. The number of carbonyl (C=O) groups is 1. The molecule has 0 fully saturated rings. The summed E-state index contributed by atoms with van der Waals surface area (Å²) in [4.78, 5) is 16.5. The molecule has 2 heterocycles. The van der Waals surface area contributed by atoms with E-state index >= 15 is 0 Å². The molecule has 0 aliphatic carbocycles. The molecular formula is C21H16FN6O2+. The summed E-state index contributed by atoms with van der Waals surface area (Å²) in [5, 5.41) is 13.1. The number of amides is 2. The molecule has 30 heavy (non-hydrogen) atoms. The first-order chi connectivity index (χ1) is 14.5. The number of hydrogen-bond donors (Lipinski definition) is 2. The zero-order chi connectivity index (χ0) is 21.1. The van der Waals surface area contributed by atoms with Crippen LogP contribution in [0.1, 0.15) is 11.3 Å². The number of hydrazine groups is 1. The van der Waals surface area contributed by atoms with Crippen molar-refractivity contribution in [3.05, 3.63) is 77.9 Å². The highest BCUT2D eigenvalue weighted by Gasteiger charge is 2.40. The summed E-state index contributed by atoms with van der Waals surface area (Å²) in [6.45, 7) is 0. The molecule has 2 aromatic carbocycles. The highest BCUT2D eigenvalue weighted by atomic mass is 19.1. The molecule has 1 aromatic heterocycles. The number of para-hydroxylation sites is 1. The average Bonchev–Trinajstić information content (AvgIpc) is 3.11. The van der Waals surface area contributed by atoms with Crippen molar-refractivity contribution in [3.8, 4) is 17.6 Å². The van der Waals surface area contributed by atoms with E-state index in [-0.39, 0.29) is 21.7 Å². The number of ether oxygens (including phenoxy) is 1. The van der Waals surface area contributed by atoms with Crippen molar-refractivity contribution in [2.45, 2.75) is 0 Å². The second-order valence-electron chi connectivity index (χ2n) is 6.55. The van der Waals surface area contributed by atoms with Crippen LogP contribution in [-0.2, 0) is 0 Å². The lowest BCUT2D eigenvalue weighted by molar-refractivity contribution is 0.214. The first kappa shape index (κ1) is 19.0. The van der Waals surface area contributed by atoms with Gasteiger partial charge in [0, 0.05) is 24.4 Å². The molecule has 3 aromatic rings. The first-order valence-corrected chi connectivity index (χ1v) is 8.91. The van der Waals surface area contributed by atoms with E-state index in [4.69, 9.17) is 10.00 Å². The smallest absolute Gasteiger partial charge is 0.457 e. The predicted molar refractivity (Wildman–Crippen MR) is 109 cm³/mol. The molecule has 0 radical (unpaired) electrons. The monoisotopic (exact) mass is 403 g/mol. The van der Waals surface area contributed by atoms with E-state index < -0.39 is 11.8 Å². The van der Waals surface area contributed by atoms with Crippen molar-refractivity contribution < 1.29 is 13.9 Å². The van der Waals surface area contributed by atoms with Gasteiger partial charge in [0.1, 0.15) is 30.3 Å². The Bertz CT molecular complexity index is 1210. The van der Waals surface area contributed by atoms with E-state index in [0.717, 1.165) is 11.3 Å². The molecule has 0 spiro atoms. The van der Waals surface area contributed by atoms with Crippen molar-refractivity contribution in [2.24, 2.45) is 5.10 Å². The second kappa shape index (κ2) is 7.62. The number of benzene rings is 2. The number of rotatable bonds is 4. The Kier molecular flexibility index (Phi) is 4.83. The van der Waals surface area contributed by atoms with Gasteiger partial charge in [0.05, 0.1) is 17.5 Å². The molecular weight excluding hydrogens is 387 g/mol. The van der Waals surface area contributed by atoms with E-state index in [0.29, 0.717) is 5.75 Å². The second-order valence-corrected chi connectivity index (χ2v) is 6.55. The van der Waals surface area contributed by atoms with E-state index in [1.54, 1.807) is 19.3 Å². The summed E-state index contributed by atoms with van der Waals surface area (Å²) >= 11 is 0. The van der Waals surface area contributed by atoms with Gasteiger partial charge in [-0.15, -0.1) is 0 Å². The number of halogens is 1. The molecule has 0 bridgehead atoms. The van der Waals surface area contributed by atoms with Gasteiger partial charge in [0.2, 0.25) is 0 Å². The zero-order valence-corrected chi connectivity index (χ0v) is 15.8. The number of nitriles is 1. The van der Waals surface area contributed by atoms with Crippen LogP contribution in [0.15, 0.2) is 65.9 Å². The Hall–Kier alpha value is -4.29. The summed E-state index contributed by atoms with van der Waals surface area (Å²) in [7, 11) is 1.64. The number of fused-ring (bicyclic) bond motifs is 1. The molecule has 2 amide bonds. The molecule has 148 valence electrons. The number of carbonyl (C=O) groups excluding carboxylic acids is 1. The van der Waals surface area contributed by atoms with Crippen LogP contribution in [0.3, 0.4) is 0 Å². The Labute approximate surface area is 171 Å². The van der Waals surface area contributed by atoms with Gasteiger partial charge in [-0.2, -0.15) is 5.26 Å². The van der Waals surface area contributed by atoms with Gasteiger partial charge in [-0.05, 0) is 24.3 Å². The van der Waals surface area contributed by atoms with Gasteiger partial charge >= 0.3 is 6.03 Å².